The van der Waals surface area contributed by atoms with Gasteiger partial charge in [-0.1, -0.05) is 31.5 Å². The number of unbranched alkanes of at least 4 members (excludes halogenated alkanes) is 1. The van der Waals surface area contributed by atoms with Gasteiger partial charge in [0.2, 0.25) is 11.5 Å². The molecule has 2 aromatic rings. The minimum atomic E-state index is -0.294. The molecule has 1 aromatic carbocycles. The molecule has 1 unspecified atom stereocenters. The van der Waals surface area contributed by atoms with Gasteiger partial charge >= 0.3 is 0 Å². The van der Waals surface area contributed by atoms with Crippen molar-refractivity contribution in [2.75, 3.05) is 19.6 Å². The zero-order valence-electron chi connectivity index (χ0n) is 15.1. The van der Waals surface area contributed by atoms with Crippen LogP contribution in [0.25, 0.3) is 10.9 Å². The van der Waals surface area contributed by atoms with Gasteiger partial charge in [0.25, 0.3) is 5.91 Å². The first-order valence-electron chi connectivity index (χ1n) is 9.29. The normalized spacial score (nSPS) is 17.3. The molecule has 6 heteroatoms. The zero-order chi connectivity index (χ0) is 18.5. The number of piperidine rings is 1. The first-order chi connectivity index (χ1) is 12.6. The van der Waals surface area contributed by atoms with Crippen molar-refractivity contribution in [1.29, 1.82) is 0 Å². The molecule has 2 amide bonds. The Balaban J connectivity index is 1.78. The highest BCUT2D eigenvalue weighted by Crippen LogP contribution is 2.22. The number of carbonyl (C=O) groups is 2. The molecule has 1 fully saturated rings. The molecule has 1 atom stereocenters. The molecule has 1 aliphatic heterocycles. The van der Waals surface area contributed by atoms with Gasteiger partial charge in [0.1, 0.15) is 0 Å². The molecule has 2 N–H and O–H groups in total. The highest BCUT2D eigenvalue weighted by Gasteiger charge is 2.29. The van der Waals surface area contributed by atoms with Crippen LogP contribution in [0, 0.1) is 5.92 Å². The predicted molar refractivity (Wildman–Crippen MR) is 101 cm³/mol. The summed E-state index contributed by atoms with van der Waals surface area (Å²) in [5.74, 6) is -0.345. The van der Waals surface area contributed by atoms with E-state index in [2.05, 4.69) is 17.2 Å². The Morgan fingerprint density at radius 3 is 2.92 bits per heavy atom. The summed E-state index contributed by atoms with van der Waals surface area (Å²) >= 11 is 0. The lowest BCUT2D eigenvalue weighted by Crippen LogP contribution is -2.45. The number of hydrogen-bond acceptors (Lipinski definition) is 3. The van der Waals surface area contributed by atoms with Gasteiger partial charge in [-0.05, 0) is 25.3 Å². The molecule has 138 valence electrons. The summed E-state index contributed by atoms with van der Waals surface area (Å²) < 4.78 is 0. The van der Waals surface area contributed by atoms with Gasteiger partial charge in [-0.3, -0.25) is 14.4 Å². The third kappa shape index (κ3) is 3.95. The quantitative estimate of drug-likeness (QED) is 0.808. The molecule has 2 heterocycles. The topological polar surface area (TPSA) is 82.3 Å². The fourth-order valence-corrected chi connectivity index (χ4v) is 3.46. The number of para-hydroxylation sites is 1. The third-order valence-electron chi connectivity index (χ3n) is 4.89. The number of carbonyl (C=O) groups excluding carboxylic acids is 2. The largest absolute Gasteiger partial charge is 0.356 e. The van der Waals surface area contributed by atoms with Gasteiger partial charge in [-0.2, -0.15) is 0 Å². The second-order valence-corrected chi connectivity index (χ2v) is 6.83. The van der Waals surface area contributed by atoms with Crippen molar-refractivity contribution in [3.8, 4) is 0 Å². The highest BCUT2D eigenvalue weighted by atomic mass is 16.2. The van der Waals surface area contributed by atoms with Crippen LogP contribution in [-0.4, -0.2) is 41.3 Å². The minimum absolute atomic E-state index is 0.0201. The molecule has 3 rings (SSSR count). The summed E-state index contributed by atoms with van der Waals surface area (Å²) in [6.45, 7) is 3.77. The monoisotopic (exact) mass is 355 g/mol. The van der Waals surface area contributed by atoms with Gasteiger partial charge in [-0.15, -0.1) is 0 Å². The maximum Gasteiger partial charge on any atom is 0.254 e. The maximum atomic E-state index is 13.0. The SMILES string of the molecule is CCCCNC(=O)C1CCCN(C(=O)c2cc(=O)[nH]c3ccccc23)C1. The van der Waals surface area contributed by atoms with Crippen LogP contribution in [0.15, 0.2) is 35.1 Å². The Morgan fingerprint density at radius 1 is 1.31 bits per heavy atom. The van der Waals surface area contributed by atoms with Gasteiger partial charge in [-0.25, -0.2) is 0 Å². The second-order valence-electron chi connectivity index (χ2n) is 6.83. The molecule has 26 heavy (non-hydrogen) atoms. The lowest BCUT2D eigenvalue weighted by Gasteiger charge is -2.32. The van der Waals surface area contributed by atoms with E-state index in [4.69, 9.17) is 0 Å². The number of benzene rings is 1. The maximum absolute atomic E-state index is 13.0. The molecular formula is C20H25N3O3. The van der Waals surface area contributed by atoms with Crippen molar-refractivity contribution in [2.24, 2.45) is 5.92 Å². The molecule has 1 aromatic heterocycles. The molecule has 0 spiro atoms. The summed E-state index contributed by atoms with van der Waals surface area (Å²) in [6, 6.07) is 8.64. The third-order valence-corrected chi connectivity index (χ3v) is 4.89. The van der Waals surface area contributed by atoms with Crippen LogP contribution in [0.2, 0.25) is 0 Å². The number of aromatic amines is 1. The van der Waals surface area contributed by atoms with Crippen LogP contribution < -0.4 is 10.9 Å². The van der Waals surface area contributed by atoms with Crippen molar-refractivity contribution in [1.82, 2.24) is 15.2 Å². The summed E-state index contributed by atoms with van der Waals surface area (Å²) in [7, 11) is 0. The lowest BCUT2D eigenvalue weighted by atomic mass is 9.96. The van der Waals surface area contributed by atoms with Crippen LogP contribution in [0.4, 0.5) is 0 Å². The molecular weight excluding hydrogens is 330 g/mol. The Bertz CT molecular complexity index is 859. The molecule has 0 aliphatic carbocycles. The van der Waals surface area contributed by atoms with Gasteiger partial charge in [0, 0.05) is 36.6 Å². The number of likely N-dealkylation sites (tertiary alicyclic amines) is 1. The Morgan fingerprint density at radius 2 is 2.12 bits per heavy atom. The van der Waals surface area contributed by atoms with Crippen molar-refractivity contribution >= 4 is 22.7 Å². The Kier molecular flexibility index (Phi) is 5.71. The number of aromatic nitrogens is 1. The van der Waals surface area contributed by atoms with Crippen LogP contribution >= 0.6 is 0 Å². The van der Waals surface area contributed by atoms with E-state index in [0.29, 0.717) is 30.7 Å². The number of nitrogens with zero attached hydrogens (tertiary/aromatic N) is 1. The molecule has 0 saturated carbocycles. The minimum Gasteiger partial charge on any atom is -0.356 e. The van der Waals surface area contributed by atoms with E-state index in [-0.39, 0.29) is 23.3 Å². The van der Waals surface area contributed by atoms with E-state index in [0.717, 1.165) is 31.1 Å². The van der Waals surface area contributed by atoms with Crippen molar-refractivity contribution in [3.63, 3.8) is 0 Å². The Labute approximate surface area is 152 Å². The van der Waals surface area contributed by atoms with Crippen LogP contribution in [0.1, 0.15) is 43.0 Å². The summed E-state index contributed by atoms with van der Waals surface area (Å²) in [6.07, 6.45) is 3.57. The van der Waals surface area contributed by atoms with Gasteiger partial charge < -0.3 is 15.2 Å². The number of nitrogens with one attached hydrogen (secondary N) is 2. The number of hydrogen-bond donors (Lipinski definition) is 2. The summed E-state index contributed by atoms with van der Waals surface area (Å²) in [5, 5.41) is 3.69. The van der Waals surface area contributed by atoms with E-state index >= 15 is 0 Å². The zero-order valence-corrected chi connectivity index (χ0v) is 15.1. The number of amides is 2. The van der Waals surface area contributed by atoms with Crippen molar-refractivity contribution in [2.45, 2.75) is 32.6 Å². The first-order valence-corrected chi connectivity index (χ1v) is 9.29. The number of pyridine rings is 1. The fraction of sp³-hybridized carbons (Fsp3) is 0.450. The second kappa shape index (κ2) is 8.17. The van der Waals surface area contributed by atoms with Gasteiger partial charge in [0.05, 0.1) is 11.5 Å². The van der Waals surface area contributed by atoms with Gasteiger partial charge in [0.15, 0.2) is 0 Å². The average Bonchev–Trinajstić information content (AvgIpc) is 2.67. The van der Waals surface area contributed by atoms with E-state index in [9.17, 15) is 14.4 Å². The lowest BCUT2D eigenvalue weighted by molar-refractivity contribution is -0.126. The van der Waals surface area contributed by atoms with Crippen LogP contribution in [-0.2, 0) is 4.79 Å². The summed E-state index contributed by atoms with van der Waals surface area (Å²) in [4.78, 5) is 41.8. The number of fused-ring (bicyclic) bond motifs is 1. The summed E-state index contributed by atoms with van der Waals surface area (Å²) in [5.41, 5.74) is 0.753. The smallest absolute Gasteiger partial charge is 0.254 e. The predicted octanol–water partition coefficient (Wildman–Crippen LogP) is 2.30. The molecule has 1 aliphatic rings. The molecule has 1 saturated heterocycles. The van der Waals surface area contributed by atoms with E-state index in [1.54, 1.807) is 11.0 Å². The first kappa shape index (κ1) is 18.2. The highest BCUT2D eigenvalue weighted by molar-refractivity contribution is 6.06. The average molecular weight is 355 g/mol. The van der Waals surface area contributed by atoms with E-state index in [1.807, 2.05) is 18.2 Å². The van der Waals surface area contributed by atoms with E-state index < -0.39 is 0 Å². The van der Waals surface area contributed by atoms with Crippen molar-refractivity contribution < 1.29 is 9.59 Å². The molecule has 0 bridgehead atoms. The molecule has 6 nitrogen and oxygen atoms in total. The molecule has 0 radical (unpaired) electrons. The Hall–Kier alpha value is -2.63. The number of rotatable bonds is 5. The van der Waals surface area contributed by atoms with Crippen LogP contribution in [0.5, 0.6) is 0 Å². The fourth-order valence-electron chi connectivity index (χ4n) is 3.46. The number of H-pyrrole nitrogens is 1. The van der Waals surface area contributed by atoms with Crippen molar-refractivity contribution in [3.05, 3.63) is 46.2 Å². The standard InChI is InChI=1S/C20H25N3O3/c1-2-3-10-21-19(25)14-7-6-11-23(13-14)20(26)16-12-18(24)22-17-9-5-4-8-15(16)17/h4-5,8-9,12,14H,2-3,6-7,10-11,13H2,1H3,(H,21,25)(H,22,24). The van der Waals surface area contributed by atoms with E-state index in [1.165, 1.54) is 6.07 Å². The van der Waals surface area contributed by atoms with Crippen LogP contribution in [0.3, 0.4) is 0 Å².